The molecule has 0 saturated heterocycles. The summed E-state index contributed by atoms with van der Waals surface area (Å²) >= 11 is 4.18. The number of phenolic OH excluding ortho intramolecular Hbond substituents is 1. The first-order valence-electron chi connectivity index (χ1n) is 5.85. The van der Waals surface area contributed by atoms with E-state index in [1.165, 1.54) is 6.21 Å². The van der Waals surface area contributed by atoms with Gasteiger partial charge in [0, 0.05) is 14.8 Å². The molecule has 21 heavy (non-hydrogen) atoms. The molecule has 0 saturated carbocycles. The van der Waals surface area contributed by atoms with Gasteiger partial charge in [0.1, 0.15) is 5.75 Å². The fraction of sp³-hybridized carbons (Fsp3) is 0. The average molecular weight is 507 g/mol. The van der Waals surface area contributed by atoms with Crippen LogP contribution in [0.3, 0.4) is 0 Å². The van der Waals surface area contributed by atoms with E-state index in [1.54, 1.807) is 30.3 Å². The van der Waals surface area contributed by atoms with Crippen LogP contribution in [0, 0.1) is 7.14 Å². The van der Waals surface area contributed by atoms with Gasteiger partial charge in [-0.05, 0) is 69.4 Å². The van der Waals surface area contributed by atoms with Crippen molar-refractivity contribution in [3.63, 3.8) is 0 Å². The van der Waals surface area contributed by atoms with Crippen LogP contribution < -0.4 is 11.2 Å². The molecule has 7 heteroatoms. The van der Waals surface area contributed by atoms with Crippen molar-refractivity contribution in [2.45, 2.75) is 0 Å². The minimum Gasteiger partial charge on any atom is -0.506 e. The molecule has 0 aliphatic carbocycles. The van der Waals surface area contributed by atoms with Gasteiger partial charge >= 0.3 is 0 Å². The number of anilines is 1. The lowest BCUT2D eigenvalue weighted by molar-refractivity contribution is 0.0956. The Balaban J connectivity index is 2.13. The third-order valence-electron chi connectivity index (χ3n) is 2.63. The standard InChI is InChI=1S/C14H11I2N3O2/c15-9-5-8(13(20)11(16)6-9)7-18-19-14(21)10-3-1-2-4-12(10)17/h1-7,20H,17H2,(H,19,21)/b18-7-. The van der Waals surface area contributed by atoms with Crippen molar-refractivity contribution in [2.24, 2.45) is 5.10 Å². The lowest BCUT2D eigenvalue weighted by Crippen LogP contribution is -2.19. The number of nitrogens with one attached hydrogen (secondary N) is 1. The van der Waals surface area contributed by atoms with Gasteiger partial charge in [0.05, 0.1) is 15.3 Å². The molecule has 2 aromatic rings. The van der Waals surface area contributed by atoms with Crippen LogP contribution in [0.25, 0.3) is 0 Å². The highest BCUT2D eigenvalue weighted by Gasteiger charge is 2.08. The van der Waals surface area contributed by atoms with Crippen LogP contribution in [-0.4, -0.2) is 17.2 Å². The van der Waals surface area contributed by atoms with Crippen molar-refractivity contribution in [3.05, 3.63) is 54.7 Å². The van der Waals surface area contributed by atoms with Crippen LogP contribution >= 0.6 is 45.2 Å². The van der Waals surface area contributed by atoms with Gasteiger partial charge in [-0.3, -0.25) is 4.79 Å². The Kier molecular flexibility index (Phi) is 5.39. The third-order valence-corrected chi connectivity index (χ3v) is 4.08. The number of carbonyl (C=O) groups excluding carboxylic acids is 1. The van der Waals surface area contributed by atoms with E-state index in [0.29, 0.717) is 16.8 Å². The van der Waals surface area contributed by atoms with Crippen LogP contribution in [0.1, 0.15) is 15.9 Å². The van der Waals surface area contributed by atoms with E-state index < -0.39 is 5.91 Å². The number of aromatic hydroxyl groups is 1. The van der Waals surface area contributed by atoms with E-state index >= 15 is 0 Å². The molecule has 0 aliphatic rings. The zero-order valence-corrected chi connectivity index (χ0v) is 15.0. The van der Waals surface area contributed by atoms with E-state index in [1.807, 2.05) is 28.7 Å². The Morgan fingerprint density at radius 3 is 2.71 bits per heavy atom. The zero-order valence-electron chi connectivity index (χ0n) is 10.7. The second kappa shape index (κ2) is 7.07. The number of hydrogen-bond acceptors (Lipinski definition) is 4. The van der Waals surface area contributed by atoms with E-state index in [2.05, 4.69) is 33.1 Å². The Morgan fingerprint density at radius 1 is 1.29 bits per heavy atom. The first-order valence-corrected chi connectivity index (χ1v) is 8.00. The van der Waals surface area contributed by atoms with Crippen molar-refractivity contribution in [3.8, 4) is 5.75 Å². The van der Waals surface area contributed by atoms with Crippen molar-refractivity contribution in [1.29, 1.82) is 0 Å². The fourth-order valence-electron chi connectivity index (χ4n) is 1.61. The summed E-state index contributed by atoms with van der Waals surface area (Å²) in [6.45, 7) is 0. The van der Waals surface area contributed by atoms with E-state index in [0.717, 1.165) is 7.14 Å². The molecule has 0 fully saturated rings. The monoisotopic (exact) mass is 507 g/mol. The number of hydrogen-bond donors (Lipinski definition) is 3. The molecule has 2 rings (SSSR count). The van der Waals surface area contributed by atoms with Gasteiger partial charge in [0.25, 0.3) is 5.91 Å². The number of amides is 1. The lowest BCUT2D eigenvalue weighted by Gasteiger charge is -2.04. The summed E-state index contributed by atoms with van der Waals surface area (Å²) in [4.78, 5) is 11.9. The van der Waals surface area contributed by atoms with Crippen molar-refractivity contribution >= 4 is 63.0 Å². The minimum absolute atomic E-state index is 0.133. The predicted molar refractivity (Wildman–Crippen MR) is 99.5 cm³/mol. The van der Waals surface area contributed by atoms with Gasteiger partial charge in [-0.25, -0.2) is 5.43 Å². The maximum atomic E-state index is 11.9. The largest absolute Gasteiger partial charge is 0.506 e. The number of para-hydroxylation sites is 1. The maximum absolute atomic E-state index is 11.9. The molecule has 4 N–H and O–H groups in total. The summed E-state index contributed by atoms with van der Waals surface area (Å²) < 4.78 is 1.69. The summed E-state index contributed by atoms with van der Waals surface area (Å²) in [6.07, 6.45) is 1.40. The quantitative estimate of drug-likeness (QED) is 0.259. The number of carbonyl (C=O) groups is 1. The molecular weight excluding hydrogens is 496 g/mol. The van der Waals surface area contributed by atoms with Crippen molar-refractivity contribution in [1.82, 2.24) is 5.43 Å². The topological polar surface area (TPSA) is 87.7 Å². The number of nitrogens with two attached hydrogens (primary N) is 1. The Bertz CT molecular complexity index is 717. The average Bonchev–Trinajstić information content (AvgIpc) is 2.44. The molecule has 0 atom stereocenters. The van der Waals surface area contributed by atoms with Crippen molar-refractivity contribution < 1.29 is 9.90 Å². The van der Waals surface area contributed by atoms with E-state index in [9.17, 15) is 9.90 Å². The number of rotatable bonds is 3. The summed E-state index contributed by atoms with van der Waals surface area (Å²) in [5.74, 6) is -0.266. The maximum Gasteiger partial charge on any atom is 0.273 e. The molecule has 0 unspecified atom stereocenters. The van der Waals surface area contributed by atoms with Crippen LogP contribution in [0.2, 0.25) is 0 Å². The molecule has 0 aromatic heterocycles. The van der Waals surface area contributed by atoms with Crippen LogP contribution in [0.5, 0.6) is 5.75 Å². The normalized spacial score (nSPS) is 10.8. The Hall–Kier alpha value is -1.36. The summed E-state index contributed by atoms with van der Waals surface area (Å²) in [5.41, 5.74) is 9.38. The smallest absolute Gasteiger partial charge is 0.273 e. The molecule has 0 spiro atoms. The Labute approximate surface area is 148 Å². The second-order valence-corrected chi connectivity index (χ2v) is 6.52. The highest BCUT2D eigenvalue weighted by molar-refractivity contribution is 14.1. The molecule has 0 heterocycles. The number of benzene rings is 2. The first-order chi connectivity index (χ1) is 9.99. The Morgan fingerprint density at radius 2 is 2.00 bits per heavy atom. The SMILES string of the molecule is Nc1ccccc1C(=O)N/N=C\c1cc(I)cc(I)c1O. The molecule has 5 nitrogen and oxygen atoms in total. The number of phenols is 1. The van der Waals surface area contributed by atoms with Gasteiger partial charge in [-0.15, -0.1) is 0 Å². The summed E-state index contributed by atoms with van der Waals surface area (Å²) in [6, 6.07) is 10.4. The first kappa shape index (κ1) is 16.0. The van der Waals surface area contributed by atoms with Gasteiger partial charge in [-0.2, -0.15) is 5.10 Å². The summed E-state index contributed by atoms with van der Waals surface area (Å²) in [7, 11) is 0. The van der Waals surface area contributed by atoms with Gasteiger partial charge in [-0.1, -0.05) is 12.1 Å². The lowest BCUT2D eigenvalue weighted by atomic mass is 10.2. The van der Waals surface area contributed by atoms with Crippen molar-refractivity contribution in [2.75, 3.05) is 5.73 Å². The van der Waals surface area contributed by atoms with Crippen LogP contribution in [0.4, 0.5) is 5.69 Å². The number of halogens is 2. The van der Waals surface area contributed by atoms with Gasteiger partial charge in [0.2, 0.25) is 0 Å². The highest BCUT2D eigenvalue weighted by atomic mass is 127. The molecule has 0 radical (unpaired) electrons. The minimum atomic E-state index is -0.399. The second-order valence-electron chi connectivity index (χ2n) is 4.11. The third kappa shape index (κ3) is 4.06. The molecule has 1 amide bonds. The fourth-order valence-corrected chi connectivity index (χ4v) is 3.50. The molecule has 108 valence electrons. The molecule has 2 aromatic carbocycles. The van der Waals surface area contributed by atoms with Gasteiger partial charge < -0.3 is 10.8 Å². The number of hydrazone groups is 1. The van der Waals surface area contributed by atoms with Gasteiger partial charge in [0.15, 0.2) is 0 Å². The number of nitrogens with zero attached hydrogens (tertiary/aromatic N) is 1. The predicted octanol–water partition coefficient (Wildman–Crippen LogP) is 2.95. The molecule has 0 bridgehead atoms. The highest BCUT2D eigenvalue weighted by Crippen LogP contribution is 2.25. The zero-order chi connectivity index (χ0) is 15.4. The van der Waals surface area contributed by atoms with E-state index in [4.69, 9.17) is 5.73 Å². The van der Waals surface area contributed by atoms with Crippen LogP contribution in [0.15, 0.2) is 41.5 Å². The number of nitrogen functional groups attached to an aromatic ring is 1. The molecule has 0 aliphatic heterocycles. The van der Waals surface area contributed by atoms with E-state index in [-0.39, 0.29) is 5.75 Å². The van der Waals surface area contributed by atoms with Crippen LogP contribution in [-0.2, 0) is 0 Å². The summed E-state index contributed by atoms with van der Waals surface area (Å²) in [5, 5.41) is 13.8. The molecular formula is C14H11I2N3O2.